The molecular weight excluding hydrogens is 403 g/mol. The molecule has 1 aromatic heterocycles. The molecule has 0 saturated heterocycles. The third-order valence-corrected chi connectivity index (χ3v) is 4.05. The highest BCUT2D eigenvalue weighted by Crippen LogP contribution is 2.34. The Kier molecular flexibility index (Phi) is 5.18. The van der Waals surface area contributed by atoms with Crippen LogP contribution in [0.5, 0.6) is 11.5 Å². The maximum absolute atomic E-state index is 11.8. The van der Waals surface area contributed by atoms with Crippen LogP contribution in [-0.4, -0.2) is 28.9 Å². The van der Waals surface area contributed by atoms with Crippen molar-refractivity contribution >= 4 is 57.5 Å². The number of ether oxygens (including phenoxy) is 2. The van der Waals surface area contributed by atoms with Crippen molar-refractivity contribution in [1.82, 2.24) is 4.98 Å². The van der Waals surface area contributed by atoms with Crippen LogP contribution in [0.15, 0.2) is 40.8 Å². The predicted molar refractivity (Wildman–Crippen MR) is 101 cm³/mol. The molecule has 0 saturated carbocycles. The van der Waals surface area contributed by atoms with E-state index in [-0.39, 0.29) is 0 Å². The summed E-state index contributed by atoms with van der Waals surface area (Å²) >= 11 is 16.7. The monoisotopic (exact) mass is 414 g/mol. The fourth-order valence-electron chi connectivity index (χ4n) is 2.30. The first-order valence-electron chi connectivity index (χ1n) is 7.33. The zero-order valence-corrected chi connectivity index (χ0v) is 15.9. The fourth-order valence-corrected chi connectivity index (χ4v) is 2.44. The van der Waals surface area contributed by atoms with Gasteiger partial charge in [0.05, 0.1) is 14.2 Å². The number of oxazole rings is 1. The fraction of sp³-hybridized carbons (Fsp3) is 0.176. The Morgan fingerprint density at radius 1 is 1.08 bits per heavy atom. The number of rotatable bonds is 4. The maximum atomic E-state index is 11.8. The number of methoxy groups -OCH3 is 2. The lowest BCUT2D eigenvalue weighted by atomic mass is 10.2. The molecule has 0 aliphatic carbocycles. The minimum absolute atomic E-state index is 0.394. The van der Waals surface area contributed by atoms with Gasteiger partial charge in [0.2, 0.25) is 5.89 Å². The Labute approximate surface area is 163 Å². The van der Waals surface area contributed by atoms with E-state index in [9.17, 15) is 4.79 Å². The number of fused-ring (bicyclic) bond motifs is 1. The zero-order valence-electron chi connectivity index (χ0n) is 13.7. The lowest BCUT2D eigenvalue weighted by Gasteiger charge is -2.10. The van der Waals surface area contributed by atoms with Crippen LogP contribution in [0.3, 0.4) is 0 Å². The van der Waals surface area contributed by atoms with E-state index in [1.807, 2.05) is 0 Å². The molecule has 3 aromatic rings. The smallest absolute Gasteiger partial charge is 0.276 e. The third-order valence-electron chi connectivity index (χ3n) is 3.53. The SMILES string of the molecule is COc1ccc(-c2nc3cc(NC(=O)C(Cl)(Cl)Cl)ccc3o2)cc1OC. The van der Waals surface area contributed by atoms with Gasteiger partial charge in [0.25, 0.3) is 9.70 Å². The summed E-state index contributed by atoms with van der Waals surface area (Å²) in [7, 11) is 3.11. The zero-order chi connectivity index (χ0) is 18.9. The Balaban J connectivity index is 1.94. The number of benzene rings is 2. The summed E-state index contributed by atoms with van der Waals surface area (Å²) < 4.78 is 14.2. The number of aromatic nitrogens is 1. The van der Waals surface area contributed by atoms with E-state index in [0.29, 0.717) is 39.7 Å². The minimum Gasteiger partial charge on any atom is -0.493 e. The minimum atomic E-state index is -2.05. The number of nitrogens with zero attached hydrogens (tertiary/aromatic N) is 1. The van der Waals surface area contributed by atoms with Gasteiger partial charge in [-0.15, -0.1) is 0 Å². The van der Waals surface area contributed by atoms with Crippen molar-refractivity contribution in [2.45, 2.75) is 3.79 Å². The van der Waals surface area contributed by atoms with E-state index in [2.05, 4.69) is 10.3 Å². The summed E-state index contributed by atoms with van der Waals surface area (Å²) in [6.45, 7) is 0. The molecule has 0 aliphatic rings. The molecule has 9 heteroatoms. The van der Waals surface area contributed by atoms with Crippen LogP contribution in [0, 0.1) is 0 Å². The van der Waals surface area contributed by atoms with E-state index in [1.165, 1.54) is 0 Å². The van der Waals surface area contributed by atoms with Gasteiger partial charge in [0, 0.05) is 11.3 Å². The van der Waals surface area contributed by atoms with Crippen LogP contribution in [0.2, 0.25) is 0 Å². The highest BCUT2D eigenvalue weighted by molar-refractivity contribution is 6.76. The van der Waals surface area contributed by atoms with Crippen LogP contribution < -0.4 is 14.8 Å². The standard InChI is InChI=1S/C17H13Cl3N2O4/c1-24-13-5-3-9(7-14(13)25-2)15-22-11-8-10(4-6-12(11)26-15)21-16(23)17(18,19)20/h3-8H,1-2H3,(H,21,23). The summed E-state index contributed by atoms with van der Waals surface area (Å²) in [4.78, 5) is 16.2. The summed E-state index contributed by atoms with van der Waals surface area (Å²) in [5, 5.41) is 2.50. The average molecular weight is 416 g/mol. The molecule has 0 bridgehead atoms. The van der Waals surface area contributed by atoms with Gasteiger partial charge in [0.1, 0.15) is 5.52 Å². The quantitative estimate of drug-likeness (QED) is 0.618. The second-order valence-electron chi connectivity index (χ2n) is 5.22. The first kappa shape index (κ1) is 18.6. The largest absolute Gasteiger partial charge is 0.493 e. The molecule has 0 spiro atoms. The van der Waals surface area contributed by atoms with Gasteiger partial charge in [-0.3, -0.25) is 4.79 Å². The van der Waals surface area contributed by atoms with Gasteiger partial charge in [-0.25, -0.2) is 4.98 Å². The summed E-state index contributed by atoms with van der Waals surface area (Å²) in [5.41, 5.74) is 2.23. The van der Waals surface area contributed by atoms with E-state index in [1.54, 1.807) is 50.6 Å². The topological polar surface area (TPSA) is 73.6 Å². The van der Waals surface area contributed by atoms with Gasteiger partial charge >= 0.3 is 0 Å². The predicted octanol–water partition coefficient (Wildman–Crippen LogP) is 4.82. The van der Waals surface area contributed by atoms with Crippen molar-refractivity contribution < 1.29 is 18.7 Å². The van der Waals surface area contributed by atoms with Gasteiger partial charge in [-0.1, -0.05) is 34.8 Å². The number of halogens is 3. The molecule has 3 rings (SSSR count). The lowest BCUT2D eigenvalue weighted by molar-refractivity contribution is -0.115. The first-order chi connectivity index (χ1) is 12.3. The molecule has 136 valence electrons. The second-order valence-corrected chi connectivity index (χ2v) is 7.50. The highest BCUT2D eigenvalue weighted by Gasteiger charge is 2.30. The van der Waals surface area contributed by atoms with E-state index >= 15 is 0 Å². The molecule has 0 radical (unpaired) electrons. The number of alkyl halides is 3. The van der Waals surface area contributed by atoms with Gasteiger partial charge < -0.3 is 19.2 Å². The van der Waals surface area contributed by atoms with Crippen molar-refractivity contribution in [1.29, 1.82) is 0 Å². The maximum Gasteiger partial charge on any atom is 0.276 e. The second kappa shape index (κ2) is 7.23. The van der Waals surface area contributed by atoms with Crippen LogP contribution in [0.1, 0.15) is 0 Å². The average Bonchev–Trinajstić information content (AvgIpc) is 3.03. The van der Waals surface area contributed by atoms with Crippen molar-refractivity contribution in [2.75, 3.05) is 19.5 Å². The molecule has 6 nitrogen and oxygen atoms in total. The molecule has 1 N–H and O–H groups in total. The highest BCUT2D eigenvalue weighted by atomic mass is 35.6. The molecule has 0 atom stereocenters. The summed E-state index contributed by atoms with van der Waals surface area (Å²) in [6, 6.07) is 10.2. The first-order valence-corrected chi connectivity index (χ1v) is 8.46. The normalized spacial score (nSPS) is 11.4. The molecule has 2 aromatic carbocycles. The molecule has 1 amide bonds. The van der Waals surface area contributed by atoms with Crippen LogP contribution in [0.25, 0.3) is 22.6 Å². The van der Waals surface area contributed by atoms with Crippen LogP contribution in [-0.2, 0) is 4.79 Å². The number of carbonyl (C=O) groups excluding carboxylic acids is 1. The Morgan fingerprint density at radius 3 is 2.46 bits per heavy atom. The van der Waals surface area contributed by atoms with E-state index in [0.717, 1.165) is 0 Å². The number of nitrogens with one attached hydrogen (secondary N) is 1. The van der Waals surface area contributed by atoms with Gasteiger partial charge in [-0.05, 0) is 36.4 Å². The third kappa shape index (κ3) is 3.82. The number of anilines is 1. The Hall–Kier alpha value is -2.15. The number of carbonyl (C=O) groups is 1. The molecule has 0 unspecified atom stereocenters. The Morgan fingerprint density at radius 2 is 1.81 bits per heavy atom. The molecule has 0 fully saturated rings. The number of hydrogen-bond acceptors (Lipinski definition) is 5. The van der Waals surface area contributed by atoms with Crippen molar-refractivity contribution in [2.24, 2.45) is 0 Å². The van der Waals surface area contributed by atoms with E-state index in [4.69, 9.17) is 48.7 Å². The van der Waals surface area contributed by atoms with Crippen molar-refractivity contribution in [3.05, 3.63) is 36.4 Å². The number of hydrogen-bond donors (Lipinski definition) is 1. The summed E-state index contributed by atoms with van der Waals surface area (Å²) in [6.07, 6.45) is 0. The van der Waals surface area contributed by atoms with Crippen molar-refractivity contribution in [3.63, 3.8) is 0 Å². The van der Waals surface area contributed by atoms with Crippen molar-refractivity contribution in [3.8, 4) is 23.0 Å². The number of amides is 1. The molecule has 1 heterocycles. The molecule has 26 heavy (non-hydrogen) atoms. The molecule has 0 aliphatic heterocycles. The molecular formula is C17H13Cl3N2O4. The summed E-state index contributed by atoms with van der Waals surface area (Å²) in [5.74, 6) is 0.795. The lowest BCUT2D eigenvalue weighted by Crippen LogP contribution is -2.26. The van der Waals surface area contributed by atoms with Crippen LogP contribution >= 0.6 is 34.8 Å². The van der Waals surface area contributed by atoms with E-state index < -0.39 is 9.70 Å². The van der Waals surface area contributed by atoms with Crippen LogP contribution in [0.4, 0.5) is 5.69 Å². The Bertz CT molecular complexity index is 966. The van der Waals surface area contributed by atoms with Gasteiger partial charge in [0.15, 0.2) is 17.1 Å². The van der Waals surface area contributed by atoms with Gasteiger partial charge in [-0.2, -0.15) is 0 Å².